The molecule has 0 spiro atoms. The van der Waals surface area contributed by atoms with Gasteiger partial charge in [-0.3, -0.25) is 4.79 Å². The third kappa shape index (κ3) is 5.66. The zero-order valence-electron chi connectivity index (χ0n) is 14.7. The van der Waals surface area contributed by atoms with Gasteiger partial charge in [-0.2, -0.15) is 0 Å². The van der Waals surface area contributed by atoms with Gasteiger partial charge in [0.05, 0.1) is 13.7 Å². The van der Waals surface area contributed by atoms with E-state index in [0.29, 0.717) is 30.3 Å². The molecule has 0 aliphatic carbocycles. The molecule has 0 atom stereocenters. The van der Waals surface area contributed by atoms with Crippen molar-refractivity contribution in [2.45, 2.75) is 4.90 Å². The second-order valence-electron chi connectivity index (χ2n) is 5.18. The fourth-order valence-electron chi connectivity index (χ4n) is 2.16. The molecule has 0 saturated carbocycles. The molecule has 132 valence electrons. The van der Waals surface area contributed by atoms with Crippen molar-refractivity contribution in [1.82, 2.24) is 0 Å². The predicted molar refractivity (Wildman–Crippen MR) is 102 cm³/mol. The van der Waals surface area contributed by atoms with Crippen LogP contribution >= 0.6 is 11.8 Å². The SMILES string of the molecule is COCCOc1ccc(C(=O)/C=C/c2ccc(SC)cc2)cc1OC. The minimum absolute atomic E-state index is 0.0873. The molecule has 0 saturated heterocycles. The number of carbonyl (C=O) groups is 1. The number of rotatable bonds is 9. The first kappa shape index (κ1) is 19.1. The van der Waals surface area contributed by atoms with Crippen molar-refractivity contribution in [3.8, 4) is 11.5 Å². The van der Waals surface area contributed by atoms with Crippen molar-refractivity contribution in [3.05, 3.63) is 59.7 Å². The summed E-state index contributed by atoms with van der Waals surface area (Å²) in [5, 5.41) is 0. The van der Waals surface area contributed by atoms with Gasteiger partial charge < -0.3 is 14.2 Å². The van der Waals surface area contributed by atoms with Gasteiger partial charge in [0, 0.05) is 17.6 Å². The third-order valence-electron chi connectivity index (χ3n) is 3.54. The fourth-order valence-corrected chi connectivity index (χ4v) is 2.57. The van der Waals surface area contributed by atoms with Gasteiger partial charge in [-0.15, -0.1) is 11.8 Å². The van der Waals surface area contributed by atoms with Gasteiger partial charge in [0.2, 0.25) is 0 Å². The fraction of sp³-hybridized carbons (Fsp3) is 0.250. The van der Waals surface area contributed by atoms with E-state index in [2.05, 4.69) is 0 Å². The molecule has 0 unspecified atom stereocenters. The molecule has 4 nitrogen and oxygen atoms in total. The Bertz CT molecular complexity index is 723. The van der Waals surface area contributed by atoms with Crippen LogP contribution in [0.3, 0.4) is 0 Å². The van der Waals surface area contributed by atoms with Crippen LogP contribution in [0.25, 0.3) is 6.08 Å². The Morgan fingerprint density at radius 1 is 1.04 bits per heavy atom. The molecule has 0 aromatic heterocycles. The van der Waals surface area contributed by atoms with Crippen LogP contribution in [0.5, 0.6) is 11.5 Å². The van der Waals surface area contributed by atoms with Gasteiger partial charge in [0.25, 0.3) is 0 Å². The zero-order valence-corrected chi connectivity index (χ0v) is 15.5. The molecular formula is C20H22O4S. The average Bonchev–Trinajstić information content (AvgIpc) is 2.66. The van der Waals surface area contributed by atoms with Crippen molar-refractivity contribution in [1.29, 1.82) is 0 Å². The summed E-state index contributed by atoms with van der Waals surface area (Å²) in [5.41, 5.74) is 1.53. The molecule has 2 aromatic rings. The zero-order chi connectivity index (χ0) is 18.1. The lowest BCUT2D eigenvalue weighted by Crippen LogP contribution is -2.06. The first-order valence-electron chi connectivity index (χ1n) is 7.84. The first-order chi connectivity index (χ1) is 12.2. The molecule has 2 aromatic carbocycles. The van der Waals surface area contributed by atoms with Crippen LogP contribution in [-0.2, 0) is 4.74 Å². The number of methoxy groups -OCH3 is 2. The Morgan fingerprint density at radius 3 is 2.44 bits per heavy atom. The summed E-state index contributed by atoms with van der Waals surface area (Å²) in [5.74, 6) is 1.03. The standard InChI is InChI=1S/C20H22O4S/c1-22-12-13-24-19-11-7-16(14-20(19)23-2)18(21)10-6-15-4-8-17(25-3)9-5-15/h4-11,14H,12-13H2,1-3H3/b10-6+. The molecule has 0 amide bonds. The summed E-state index contributed by atoms with van der Waals surface area (Å²) >= 11 is 1.69. The van der Waals surface area contributed by atoms with E-state index in [9.17, 15) is 4.79 Å². The Labute approximate surface area is 152 Å². The summed E-state index contributed by atoms with van der Waals surface area (Å²) in [7, 11) is 3.17. The average molecular weight is 358 g/mol. The summed E-state index contributed by atoms with van der Waals surface area (Å²) in [6.45, 7) is 0.911. The van der Waals surface area contributed by atoms with Crippen LogP contribution in [0.4, 0.5) is 0 Å². The lowest BCUT2D eigenvalue weighted by Gasteiger charge is -2.11. The number of ketones is 1. The number of ether oxygens (including phenoxy) is 3. The monoisotopic (exact) mass is 358 g/mol. The van der Waals surface area contributed by atoms with E-state index in [0.717, 1.165) is 5.56 Å². The molecule has 0 N–H and O–H groups in total. The molecule has 25 heavy (non-hydrogen) atoms. The minimum atomic E-state index is -0.0873. The highest BCUT2D eigenvalue weighted by Crippen LogP contribution is 2.28. The van der Waals surface area contributed by atoms with E-state index in [1.807, 2.05) is 36.6 Å². The van der Waals surface area contributed by atoms with Crippen molar-refractivity contribution in [3.63, 3.8) is 0 Å². The molecule has 0 bridgehead atoms. The molecule has 0 heterocycles. The molecule has 0 radical (unpaired) electrons. The highest BCUT2D eigenvalue weighted by atomic mass is 32.2. The van der Waals surface area contributed by atoms with E-state index in [-0.39, 0.29) is 5.78 Å². The number of benzene rings is 2. The summed E-state index contributed by atoms with van der Waals surface area (Å²) < 4.78 is 15.8. The van der Waals surface area contributed by atoms with E-state index in [1.165, 1.54) is 4.90 Å². The predicted octanol–water partition coefficient (Wildman–Crippen LogP) is 4.34. The quantitative estimate of drug-likeness (QED) is 0.289. The van der Waals surface area contributed by atoms with Crippen LogP contribution in [-0.4, -0.2) is 39.5 Å². The summed E-state index contributed by atoms with van der Waals surface area (Å²) in [4.78, 5) is 13.6. The number of thioether (sulfide) groups is 1. The Balaban J connectivity index is 2.08. The van der Waals surface area contributed by atoms with Crippen molar-refractivity contribution in [2.24, 2.45) is 0 Å². The van der Waals surface area contributed by atoms with Crippen LogP contribution in [0.2, 0.25) is 0 Å². The number of hydrogen-bond acceptors (Lipinski definition) is 5. The van der Waals surface area contributed by atoms with Crippen LogP contribution in [0.1, 0.15) is 15.9 Å². The second-order valence-corrected chi connectivity index (χ2v) is 6.06. The van der Waals surface area contributed by atoms with Crippen LogP contribution in [0.15, 0.2) is 53.4 Å². The first-order valence-corrected chi connectivity index (χ1v) is 9.06. The lowest BCUT2D eigenvalue weighted by atomic mass is 10.1. The number of carbonyl (C=O) groups excluding carboxylic acids is 1. The maximum absolute atomic E-state index is 12.4. The lowest BCUT2D eigenvalue weighted by molar-refractivity contribution is 0.104. The van der Waals surface area contributed by atoms with Crippen molar-refractivity contribution >= 4 is 23.6 Å². The largest absolute Gasteiger partial charge is 0.493 e. The molecular weight excluding hydrogens is 336 g/mol. The normalized spacial score (nSPS) is 10.8. The Morgan fingerprint density at radius 2 is 1.80 bits per heavy atom. The highest BCUT2D eigenvalue weighted by molar-refractivity contribution is 7.98. The molecule has 0 fully saturated rings. The van der Waals surface area contributed by atoms with Gasteiger partial charge in [-0.1, -0.05) is 18.2 Å². The van der Waals surface area contributed by atoms with Crippen molar-refractivity contribution < 1.29 is 19.0 Å². The maximum atomic E-state index is 12.4. The van der Waals surface area contributed by atoms with Gasteiger partial charge in [0.1, 0.15) is 6.61 Å². The smallest absolute Gasteiger partial charge is 0.185 e. The van der Waals surface area contributed by atoms with E-state index in [4.69, 9.17) is 14.2 Å². The molecule has 0 aliphatic heterocycles. The van der Waals surface area contributed by atoms with Gasteiger partial charge in [0.15, 0.2) is 17.3 Å². The number of allylic oxidation sites excluding steroid dienone is 1. The van der Waals surface area contributed by atoms with Gasteiger partial charge >= 0.3 is 0 Å². The summed E-state index contributed by atoms with van der Waals surface area (Å²) in [6, 6.07) is 13.2. The van der Waals surface area contributed by atoms with Gasteiger partial charge in [-0.05, 0) is 48.2 Å². The molecule has 5 heteroatoms. The van der Waals surface area contributed by atoms with Gasteiger partial charge in [-0.25, -0.2) is 0 Å². The minimum Gasteiger partial charge on any atom is -0.493 e. The molecule has 0 aliphatic rings. The third-order valence-corrected chi connectivity index (χ3v) is 4.28. The topological polar surface area (TPSA) is 44.8 Å². The number of hydrogen-bond donors (Lipinski definition) is 0. The Hall–Kier alpha value is -2.24. The Kier molecular flexibility index (Phi) is 7.57. The van der Waals surface area contributed by atoms with E-state index >= 15 is 0 Å². The maximum Gasteiger partial charge on any atom is 0.185 e. The summed E-state index contributed by atoms with van der Waals surface area (Å²) in [6.07, 6.45) is 5.40. The highest BCUT2D eigenvalue weighted by Gasteiger charge is 2.09. The van der Waals surface area contributed by atoms with E-state index < -0.39 is 0 Å². The van der Waals surface area contributed by atoms with E-state index in [1.54, 1.807) is 50.3 Å². The van der Waals surface area contributed by atoms with Crippen molar-refractivity contribution in [2.75, 3.05) is 33.7 Å². The second kappa shape index (κ2) is 9.91. The van der Waals surface area contributed by atoms with Crippen LogP contribution in [0, 0.1) is 0 Å². The van der Waals surface area contributed by atoms with Crippen LogP contribution < -0.4 is 9.47 Å². The molecule has 2 rings (SSSR count).